The van der Waals surface area contributed by atoms with Gasteiger partial charge >= 0.3 is 0 Å². The number of hydrogen-bond donors (Lipinski definition) is 1. The summed E-state index contributed by atoms with van der Waals surface area (Å²) >= 11 is 0. The van der Waals surface area contributed by atoms with Crippen molar-refractivity contribution in [1.82, 2.24) is 0 Å². The van der Waals surface area contributed by atoms with E-state index in [-0.39, 0.29) is 18.4 Å². The molecule has 126 valence electrons. The van der Waals surface area contributed by atoms with E-state index in [2.05, 4.69) is 19.2 Å². The first-order chi connectivity index (χ1) is 11.6. The van der Waals surface area contributed by atoms with Crippen LogP contribution in [0.2, 0.25) is 0 Å². The molecule has 0 atom stereocenters. The van der Waals surface area contributed by atoms with E-state index in [1.165, 1.54) is 6.92 Å². The Hall–Kier alpha value is -2.62. The van der Waals surface area contributed by atoms with Crippen LogP contribution in [0.4, 0.5) is 11.4 Å². The maximum absolute atomic E-state index is 12.4. The lowest BCUT2D eigenvalue weighted by molar-refractivity contribution is -0.120. The van der Waals surface area contributed by atoms with Gasteiger partial charge in [0.25, 0.3) is 0 Å². The van der Waals surface area contributed by atoms with E-state index in [9.17, 15) is 9.59 Å². The Morgan fingerprint density at radius 1 is 0.917 bits per heavy atom. The topological polar surface area (TPSA) is 49.4 Å². The van der Waals surface area contributed by atoms with Crippen molar-refractivity contribution >= 4 is 23.2 Å². The number of carbonyl (C=O) groups is 2. The van der Waals surface area contributed by atoms with Gasteiger partial charge in [-0.25, -0.2) is 0 Å². The van der Waals surface area contributed by atoms with Crippen molar-refractivity contribution < 1.29 is 9.59 Å². The van der Waals surface area contributed by atoms with Crippen LogP contribution < -0.4 is 10.2 Å². The molecule has 0 bridgehead atoms. The van der Waals surface area contributed by atoms with Gasteiger partial charge in [-0.1, -0.05) is 50.2 Å². The molecular formula is C20H24N2O2. The summed E-state index contributed by atoms with van der Waals surface area (Å²) in [5.74, 6) is -0.335. The lowest BCUT2D eigenvalue weighted by atomic mass is 10.0. The molecule has 0 heterocycles. The molecule has 4 nitrogen and oxygen atoms in total. The Morgan fingerprint density at radius 2 is 1.50 bits per heavy atom. The predicted octanol–water partition coefficient (Wildman–Crippen LogP) is 3.80. The number of aryl methyl sites for hydroxylation is 2. The number of nitrogens with one attached hydrogen (secondary N) is 1. The highest BCUT2D eigenvalue weighted by molar-refractivity contribution is 6.02. The molecule has 2 aromatic carbocycles. The van der Waals surface area contributed by atoms with Crippen molar-refractivity contribution in [2.75, 3.05) is 16.8 Å². The van der Waals surface area contributed by atoms with Gasteiger partial charge in [-0.15, -0.1) is 0 Å². The number of carbonyl (C=O) groups excluding carboxylic acids is 2. The second-order valence-corrected chi connectivity index (χ2v) is 5.65. The number of nitrogens with zero attached hydrogens (tertiary/aromatic N) is 1. The first kappa shape index (κ1) is 17.7. The number of hydrogen-bond acceptors (Lipinski definition) is 2. The monoisotopic (exact) mass is 324 g/mol. The van der Waals surface area contributed by atoms with Gasteiger partial charge in [-0.05, 0) is 36.1 Å². The lowest BCUT2D eigenvalue weighted by Gasteiger charge is -2.26. The van der Waals surface area contributed by atoms with E-state index in [0.717, 1.165) is 35.3 Å². The molecule has 0 spiro atoms. The zero-order valence-electron chi connectivity index (χ0n) is 14.5. The predicted molar refractivity (Wildman–Crippen MR) is 98.3 cm³/mol. The SMILES string of the molecule is CCc1cccc(CC)c1N(CC(=O)Nc1ccccc1)C(C)=O. The van der Waals surface area contributed by atoms with Gasteiger partial charge in [-0.2, -0.15) is 0 Å². The van der Waals surface area contributed by atoms with Crippen molar-refractivity contribution in [2.45, 2.75) is 33.6 Å². The van der Waals surface area contributed by atoms with Gasteiger partial charge in [0, 0.05) is 12.6 Å². The van der Waals surface area contributed by atoms with E-state index in [0.29, 0.717) is 0 Å². The molecule has 1 N–H and O–H groups in total. The zero-order valence-corrected chi connectivity index (χ0v) is 14.5. The molecular weight excluding hydrogens is 300 g/mol. The standard InChI is InChI=1S/C20H24N2O2/c1-4-16-10-9-11-17(5-2)20(16)22(15(3)23)14-19(24)21-18-12-7-6-8-13-18/h6-13H,4-5,14H2,1-3H3,(H,21,24). The lowest BCUT2D eigenvalue weighted by Crippen LogP contribution is -2.37. The van der Waals surface area contributed by atoms with E-state index in [1.807, 2.05) is 48.5 Å². The molecule has 4 heteroatoms. The second kappa shape index (κ2) is 8.29. The maximum atomic E-state index is 12.4. The first-order valence-electron chi connectivity index (χ1n) is 8.30. The van der Waals surface area contributed by atoms with Crippen molar-refractivity contribution in [3.63, 3.8) is 0 Å². The fraction of sp³-hybridized carbons (Fsp3) is 0.300. The Labute approximate surface area is 143 Å². The molecule has 0 radical (unpaired) electrons. The Balaban J connectivity index is 2.27. The second-order valence-electron chi connectivity index (χ2n) is 5.65. The fourth-order valence-electron chi connectivity index (χ4n) is 2.78. The fourth-order valence-corrected chi connectivity index (χ4v) is 2.78. The molecule has 0 unspecified atom stereocenters. The Kier molecular flexibility index (Phi) is 6.13. The highest BCUT2D eigenvalue weighted by atomic mass is 16.2. The summed E-state index contributed by atoms with van der Waals surface area (Å²) in [6.45, 7) is 5.62. The maximum Gasteiger partial charge on any atom is 0.244 e. The molecule has 0 aliphatic heterocycles. The van der Waals surface area contributed by atoms with Gasteiger partial charge in [0.05, 0.1) is 5.69 Å². The highest BCUT2D eigenvalue weighted by Gasteiger charge is 2.20. The van der Waals surface area contributed by atoms with E-state index in [4.69, 9.17) is 0 Å². The molecule has 0 fully saturated rings. The van der Waals surface area contributed by atoms with Gasteiger partial charge in [0.2, 0.25) is 11.8 Å². The summed E-state index contributed by atoms with van der Waals surface area (Å²) in [5, 5.41) is 2.84. The number of rotatable bonds is 6. The first-order valence-corrected chi connectivity index (χ1v) is 8.30. The van der Waals surface area contributed by atoms with Crippen LogP contribution in [-0.4, -0.2) is 18.4 Å². The van der Waals surface area contributed by atoms with Crippen molar-refractivity contribution in [3.05, 3.63) is 59.7 Å². The van der Waals surface area contributed by atoms with Gasteiger partial charge in [-0.3, -0.25) is 9.59 Å². The van der Waals surface area contributed by atoms with E-state index in [1.54, 1.807) is 4.90 Å². The number of anilines is 2. The molecule has 0 aromatic heterocycles. The smallest absolute Gasteiger partial charge is 0.244 e. The largest absolute Gasteiger partial charge is 0.325 e. The minimum absolute atomic E-state index is 0.00818. The normalized spacial score (nSPS) is 10.3. The highest BCUT2D eigenvalue weighted by Crippen LogP contribution is 2.27. The number of para-hydroxylation sites is 2. The quantitative estimate of drug-likeness (QED) is 0.878. The molecule has 0 aliphatic rings. The van der Waals surface area contributed by atoms with Crippen molar-refractivity contribution in [1.29, 1.82) is 0 Å². The van der Waals surface area contributed by atoms with Crippen molar-refractivity contribution in [3.8, 4) is 0 Å². The van der Waals surface area contributed by atoms with Crippen LogP contribution in [0, 0.1) is 0 Å². The molecule has 0 saturated carbocycles. The van der Waals surface area contributed by atoms with Gasteiger partial charge in [0.1, 0.15) is 6.54 Å². The molecule has 2 amide bonds. The Bertz CT molecular complexity index is 689. The summed E-state index contributed by atoms with van der Waals surface area (Å²) in [5.41, 5.74) is 3.76. The van der Waals surface area contributed by atoms with Crippen LogP contribution in [0.5, 0.6) is 0 Å². The minimum atomic E-state index is -0.204. The minimum Gasteiger partial charge on any atom is -0.325 e. The van der Waals surface area contributed by atoms with Crippen LogP contribution in [0.3, 0.4) is 0 Å². The summed E-state index contributed by atoms with van der Waals surface area (Å²) in [6.07, 6.45) is 1.63. The molecule has 2 aromatic rings. The van der Waals surface area contributed by atoms with E-state index >= 15 is 0 Å². The van der Waals surface area contributed by atoms with Crippen LogP contribution in [-0.2, 0) is 22.4 Å². The van der Waals surface area contributed by atoms with Gasteiger partial charge < -0.3 is 10.2 Å². The van der Waals surface area contributed by atoms with Crippen LogP contribution in [0.1, 0.15) is 31.9 Å². The molecule has 2 rings (SSSR count). The molecule has 24 heavy (non-hydrogen) atoms. The number of benzene rings is 2. The third-order valence-corrected chi connectivity index (χ3v) is 3.97. The van der Waals surface area contributed by atoms with Crippen LogP contribution in [0.15, 0.2) is 48.5 Å². The van der Waals surface area contributed by atoms with Crippen molar-refractivity contribution in [2.24, 2.45) is 0 Å². The summed E-state index contributed by atoms with van der Waals surface area (Å²) < 4.78 is 0. The Morgan fingerprint density at radius 3 is 2.00 bits per heavy atom. The number of amides is 2. The molecule has 0 aliphatic carbocycles. The van der Waals surface area contributed by atoms with E-state index < -0.39 is 0 Å². The summed E-state index contributed by atoms with van der Waals surface area (Å²) in [4.78, 5) is 26.2. The third-order valence-electron chi connectivity index (χ3n) is 3.97. The third kappa shape index (κ3) is 4.22. The molecule has 0 saturated heterocycles. The summed E-state index contributed by atoms with van der Waals surface area (Å²) in [6, 6.07) is 15.3. The van der Waals surface area contributed by atoms with Gasteiger partial charge in [0.15, 0.2) is 0 Å². The average Bonchev–Trinajstić information content (AvgIpc) is 2.59. The zero-order chi connectivity index (χ0) is 17.5. The average molecular weight is 324 g/mol. The summed E-state index contributed by atoms with van der Waals surface area (Å²) in [7, 11) is 0. The van der Waals surface area contributed by atoms with Crippen LogP contribution >= 0.6 is 0 Å². The van der Waals surface area contributed by atoms with Crippen LogP contribution in [0.25, 0.3) is 0 Å².